The average molecular weight is 571 g/mol. The highest BCUT2D eigenvalue weighted by Crippen LogP contribution is 2.10. The van der Waals surface area contributed by atoms with E-state index in [1.54, 1.807) is 0 Å². The third-order valence-corrected chi connectivity index (χ3v) is 6.53. The SMILES string of the molecule is CC/C=C\C/C=C\C/C=C\C/C=C\C/C=C\CCOCC(CO)OC(=O)CCCCCCC/C=C\CCCCCC. The minimum Gasteiger partial charge on any atom is -0.457 e. The highest BCUT2D eigenvalue weighted by Gasteiger charge is 2.13. The van der Waals surface area contributed by atoms with Gasteiger partial charge in [-0.05, 0) is 70.6 Å². The molecule has 0 aliphatic heterocycles. The van der Waals surface area contributed by atoms with E-state index < -0.39 is 6.10 Å². The highest BCUT2D eigenvalue weighted by molar-refractivity contribution is 5.69. The Morgan fingerprint density at radius 1 is 0.610 bits per heavy atom. The first-order chi connectivity index (χ1) is 20.2. The summed E-state index contributed by atoms with van der Waals surface area (Å²) in [6.07, 6.45) is 45.2. The summed E-state index contributed by atoms with van der Waals surface area (Å²) in [4.78, 5) is 12.1. The lowest BCUT2D eigenvalue weighted by Crippen LogP contribution is -2.27. The molecular formula is C37H62O4. The van der Waals surface area contributed by atoms with Gasteiger partial charge in [0.05, 0.1) is 19.8 Å². The predicted octanol–water partition coefficient (Wildman–Crippen LogP) is 10.3. The fraction of sp³-hybridized carbons (Fsp3) is 0.649. The van der Waals surface area contributed by atoms with E-state index in [4.69, 9.17) is 9.47 Å². The van der Waals surface area contributed by atoms with Crippen molar-refractivity contribution in [3.8, 4) is 0 Å². The minimum absolute atomic E-state index is 0.209. The number of aliphatic hydroxyl groups excluding tert-OH is 1. The molecule has 1 unspecified atom stereocenters. The van der Waals surface area contributed by atoms with Gasteiger partial charge in [0.1, 0.15) is 6.10 Å². The van der Waals surface area contributed by atoms with Crippen molar-refractivity contribution < 1.29 is 19.4 Å². The monoisotopic (exact) mass is 570 g/mol. The van der Waals surface area contributed by atoms with Crippen molar-refractivity contribution in [1.82, 2.24) is 0 Å². The molecule has 0 spiro atoms. The number of unbranched alkanes of at least 4 members (excludes halogenated alkanes) is 9. The van der Waals surface area contributed by atoms with E-state index in [-0.39, 0.29) is 19.2 Å². The van der Waals surface area contributed by atoms with Crippen molar-refractivity contribution in [1.29, 1.82) is 0 Å². The summed E-state index contributed by atoms with van der Waals surface area (Å²) in [6.45, 7) is 4.97. The Morgan fingerprint density at radius 3 is 1.66 bits per heavy atom. The van der Waals surface area contributed by atoms with Gasteiger partial charge in [0.15, 0.2) is 0 Å². The Labute approximate surface area is 253 Å². The number of allylic oxidation sites excluding steroid dienone is 11. The van der Waals surface area contributed by atoms with E-state index in [1.807, 2.05) is 0 Å². The molecule has 4 nitrogen and oxygen atoms in total. The predicted molar refractivity (Wildman–Crippen MR) is 177 cm³/mol. The van der Waals surface area contributed by atoms with E-state index in [1.165, 1.54) is 44.9 Å². The van der Waals surface area contributed by atoms with Crippen LogP contribution in [0.5, 0.6) is 0 Å². The van der Waals surface area contributed by atoms with Gasteiger partial charge in [0.25, 0.3) is 0 Å². The minimum atomic E-state index is -0.579. The zero-order valence-electron chi connectivity index (χ0n) is 26.5. The van der Waals surface area contributed by atoms with Crippen LogP contribution in [0.3, 0.4) is 0 Å². The van der Waals surface area contributed by atoms with Crippen molar-refractivity contribution in [3.05, 3.63) is 72.9 Å². The zero-order chi connectivity index (χ0) is 29.9. The fourth-order valence-electron chi connectivity index (χ4n) is 4.09. The van der Waals surface area contributed by atoms with Gasteiger partial charge in [-0.2, -0.15) is 0 Å². The molecule has 0 aromatic rings. The molecule has 0 aliphatic rings. The van der Waals surface area contributed by atoms with Crippen LogP contribution < -0.4 is 0 Å². The Hall–Kier alpha value is -2.17. The number of hydrogen-bond donors (Lipinski definition) is 1. The topological polar surface area (TPSA) is 55.8 Å². The van der Waals surface area contributed by atoms with Crippen LogP contribution in [0.25, 0.3) is 0 Å². The Kier molecular flexibility index (Phi) is 32.2. The molecule has 234 valence electrons. The molecule has 41 heavy (non-hydrogen) atoms. The van der Waals surface area contributed by atoms with E-state index in [0.29, 0.717) is 13.0 Å². The van der Waals surface area contributed by atoms with Crippen LogP contribution in [0.15, 0.2) is 72.9 Å². The van der Waals surface area contributed by atoms with Gasteiger partial charge in [-0.25, -0.2) is 0 Å². The molecule has 4 heteroatoms. The van der Waals surface area contributed by atoms with Crippen LogP contribution >= 0.6 is 0 Å². The number of esters is 1. The van der Waals surface area contributed by atoms with Gasteiger partial charge in [-0.15, -0.1) is 0 Å². The molecule has 0 aromatic heterocycles. The van der Waals surface area contributed by atoms with Gasteiger partial charge in [0.2, 0.25) is 0 Å². The number of carbonyl (C=O) groups is 1. The van der Waals surface area contributed by atoms with Crippen LogP contribution in [0, 0.1) is 0 Å². The molecule has 1 N–H and O–H groups in total. The maximum absolute atomic E-state index is 12.1. The van der Waals surface area contributed by atoms with Gasteiger partial charge in [0, 0.05) is 6.42 Å². The smallest absolute Gasteiger partial charge is 0.306 e. The van der Waals surface area contributed by atoms with Gasteiger partial charge < -0.3 is 14.6 Å². The molecule has 0 saturated carbocycles. The first-order valence-corrected chi connectivity index (χ1v) is 16.5. The molecule has 0 radical (unpaired) electrons. The van der Waals surface area contributed by atoms with Gasteiger partial charge in [-0.1, -0.05) is 125 Å². The Morgan fingerprint density at radius 2 is 1.10 bits per heavy atom. The van der Waals surface area contributed by atoms with E-state index in [9.17, 15) is 9.90 Å². The fourth-order valence-corrected chi connectivity index (χ4v) is 4.09. The Bertz CT molecular complexity index is 729. The van der Waals surface area contributed by atoms with Gasteiger partial charge >= 0.3 is 5.97 Å². The first-order valence-electron chi connectivity index (χ1n) is 16.5. The standard InChI is InChI=1S/C37H62O4/c1-3-5-7-9-11-13-15-17-18-19-21-23-25-27-29-31-33-40-35-36(34-38)41-37(39)32-30-28-26-24-22-20-16-14-12-10-8-6-4-2/h5,7,11,13-14,16-18,21,23,27,29,36,38H,3-4,6,8-10,12,15,19-20,22,24-26,28,30-35H2,1-2H3/b7-5-,13-11-,16-14-,18-17-,23-21-,29-27-. The summed E-state index contributed by atoms with van der Waals surface area (Å²) < 4.78 is 11.0. The lowest BCUT2D eigenvalue weighted by molar-refractivity contribution is -0.154. The molecule has 0 amide bonds. The molecular weight excluding hydrogens is 508 g/mol. The van der Waals surface area contributed by atoms with Gasteiger partial charge in [-0.3, -0.25) is 4.79 Å². The lowest BCUT2D eigenvalue weighted by Gasteiger charge is -2.15. The largest absolute Gasteiger partial charge is 0.457 e. The van der Waals surface area contributed by atoms with Crippen molar-refractivity contribution in [3.63, 3.8) is 0 Å². The number of hydrogen-bond acceptors (Lipinski definition) is 4. The normalized spacial score (nSPS) is 13.3. The molecule has 0 heterocycles. The van der Waals surface area contributed by atoms with Crippen LogP contribution in [0.1, 0.15) is 129 Å². The quantitative estimate of drug-likeness (QED) is 0.0552. The molecule has 0 rings (SSSR count). The molecule has 0 saturated heterocycles. The van der Waals surface area contributed by atoms with Crippen molar-refractivity contribution in [2.45, 2.75) is 136 Å². The van der Waals surface area contributed by atoms with Crippen LogP contribution in [0.2, 0.25) is 0 Å². The van der Waals surface area contributed by atoms with Crippen molar-refractivity contribution >= 4 is 5.97 Å². The number of ether oxygens (including phenoxy) is 2. The highest BCUT2D eigenvalue weighted by atomic mass is 16.6. The number of carbonyl (C=O) groups excluding carboxylic acids is 1. The van der Waals surface area contributed by atoms with E-state index >= 15 is 0 Å². The molecule has 0 aromatic carbocycles. The number of aliphatic hydroxyl groups is 1. The van der Waals surface area contributed by atoms with Crippen LogP contribution in [0.4, 0.5) is 0 Å². The summed E-state index contributed by atoms with van der Waals surface area (Å²) >= 11 is 0. The third-order valence-electron chi connectivity index (χ3n) is 6.53. The molecule has 0 bridgehead atoms. The second-order valence-electron chi connectivity index (χ2n) is 10.5. The van der Waals surface area contributed by atoms with E-state index in [0.717, 1.165) is 64.2 Å². The Balaban J connectivity index is 3.64. The van der Waals surface area contributed by atoms with Crippen LogP contribution in [-0.2, 0) is 14.3 Å². The summed E-state index contributed by atoms with van der Waals surface area (Å²) in [7, 11) is 0. The van der Waals surface area contributed by atoms with Crippen molar-refractivity contribution in [2.75, 3.05) is 19.8 Å². The second-order valence-corrected chi connectivity index (χ2v) is 10.5. The first kappa shape index (κ1) is 38.8. The van der Waals surface area contributed by atoms with E-state index in [2.05, 4.69) is 86.8 Å². The molecule has 0 fully saturated rings. The second kappa shape index (κ2) is 34.0. The maximum atomic E-state index is 12.1. The van der Waals surface area contributed by atoms with Crippen molar-refractivity contribution in [2.24, 2.45) is 0 Å². The lowest BCUT2D eigenvalue weighted by atomic mass is 10.1. The number of rotatable bonds is 29. The maximum Gasteiger partial charge on any atom is 0.306 e. The molecule has 0 aliphatic carbocycles. The summed E-state index contributed by atoms with van der Waals surface area (Å²) in [5.74, 6) is -0.239. The average Bonchev–Trinajstić information content (AvgIpc) is 2.98. The summed E-state index contributed by atoms with van der Waals surface area (Å²) in [6, 6.07) is 0. The summed E-state index contributed by atoms with van der Waals surface area (Å²) in [5.41, 5.74) is 0. The van der Waals surface area contributed by atoms with Crippen LogP contribution in [-0.4, -0.2) is 37.0 Å². The summed E-state index contributed by atoms with van der Waals surface area (Å²) in [5, 5.41) is 9.51. The zero-order valence-corrected chi connectivity index (χ0v) is 26.5. The third kappa shape index (κ3) is 32.2. The molecule has 1 atom stereocenters.